The normalized spacial score (nSPS) is 19.1. The van der Waals surface area contributed by atoms with Gasteiger partial charge in [0.15, 0.2) is 15.8 Å². The number of guanidine groups is 1. The van der Waals surface area contributed by atoms with Gasteiger partial charge in [-0.05, 0) is 43.4 Å². The number of aliphatic imine (C=N–C) groups is 1. The molecule has 1 aromatic rings. The summed E-state index contributed by atoms with van der Waals surface area (Å²) in [6, 6.07) is 8.01. The smallest absolute Gasteiger partial charge is 0.191 e. The fraction of sp³-hybridized carbons (Fsp3) is 0.588. The predicted octanol–water partition coefficient (Wildman–Crippen LogP) is 1.85. The molecule has 1 aromatic carbocycles. The Kier molecular flexibility index (Phi) is 9.55. The van der Waals surface area contributed by atoms with Gasteiger partial charge in [0.05, 0.1) is 18.6 Å². The topological polar surface area (TPSA) is 79.8 Å². The maximum atomic E-state index is 11.5. The number of hydrogen-bond donors (Lipinski definition) is 2. The molecule has 0 spiro atoms. The Morgan fingerprint density at radius 1 is 1.28 bits per heavy atom. The number of hydrogen-bond acceptors (Lipinski definition) is 4. The number of sulfone groups is 1. The van der Waals surface area contributed by atoms with Crippen LogP contribution in [-0.4, -0.2) is 52.6 Å². The Morgan fingerprint density at radius 2 is 2.00 bits per heavy atom. The summed E-state index contributed by atoms with van der Waals surface area (Å²) in [5.41, 5.74) is 1.22. The molecule has 8 heteroatoms. The minimum absolute atomic E-state index is 0. The van der Waals surface area contributed by atoms with Crippen LogP contribution in [0.4, 0.5) is 0 Å². The summed E-state index contributed by atoms with van der Waals surface area (Å²) in [7, 11) is -1.18. The minimum atomic E-state index is -2.83. The third-order valence-electron chi connectivity index (χ3n) is 4.04. The van der Waals surface area contributed by atoms with Crippen LogP contribution < -0.4 is 15.4 Å². The van der Waals surface area contributed by atoms with Crippen LogP contribution in [0.15, 0.2) is 29.3 Å². The van der Waals surface area contributed by atoms with Crippen LogP contribution in [0.5, 0.6) is 5.75 Å². The summed E-state index contributed by atoms with van der Waals surface area (Å²) in [6.07, 6.45) is 1.60. The molecule has 1 heterocycles. The summed E-state index contributed by atoms with van der Waals surface area (Å²) in [4.78, 5) is 4.53. The van der Waals surface area contributed by atoms with Crippen molar-refractivity contribution in [1.29, 1.82) is 0 Å². The first kappa shape index (κ1) is 22.0. The SMILES string of the molecule is CCNC(=NCC1CCS(=O)(=O)C1)NCCc1ccc(OC)cc1.I. The average molecular weight is 481 g/mol. The molecule has 1 unspecified atom stereocenters. The van der Waals surface area contributed by atoms with Crippen molar-refractivity contribution in [3.05, 3.63) is 29.8 Å². The van der Waals surface area contributed by atoms with E-state index >= 15 is 0 Å². The van der Waals surface area contributed by atoms with Crippen molar-refractivity contribution in [1.82, 2.24) is 10.6 Å². The van der Waals surface area contributed by atoms with E-state index in [0.29, 0.717) is 12.3 Å². The Bertz CT molecular complexity index is 648. The Hall–Kier alpha value is -1.03. The number of nitrogens with one attached hydrogen (secondary N) is 2. The zero-order valence-corrected chi connectivity index (χ0v) is 18.0. The summed E-state index contributed by atoms with van der Waals surface area (Å²) in [5, 5.41) is 6.50. The molecule has 1 fully saturated rings. The molecule has 0 bridgehead atoms. The molecule has 25 heavy (non-hydrogen) atoms. The first-order chi connectivity index (χ1) is 11.5. The van der Waals surface area contributed by atoms with E-state index < -0.39 is 9.84 Å². The van der Waals surface area contributed by atoms with Crippen molar-refractivity contribution in [2.75, 3.05) is 38.2 Å². The standard InChI is InChI=1S/C17H27N3O3S.HI/c1-3-18-17(20-12-15-9-11-24(21,22)13-15)19-10-8-14-4-6-16(23-2)7-5-14;/h4-7,15H,3,8-13H2,1-2H3,(H2,18,19,20);1H. The predicted molar refractivity (Wildman–Crippen MR) is 113 cm³/mol. The van der Waals surface area contributed by atoms with Crippen LogP contribution in [-0.2, 0) is 16.3 Å². The molecule has 1 aliphatic heterocycles. The van der Waals surface area contributed by atoms with Crippen molar-refractivity contribution >= 4 is 39.8 Å². The van der Waals surface area contributed by atoms with Gasteiger partial charge in [-0.25, -0.2) is 8.42 Å². The van der Waals surface area contributed by atoms with Gasteiger partial charge in [0.25, 0.3) is 0 Å². The summed E-state index contributed by atoms with van der Waals surface area (Å²) < 4.78 is 28.1. The fourth-order valence-electron chi connectivity index (χ4n) is 2.70. The number of rotatable bonds is 7. The molecule has 2 rings (SSSR count). The quantitative estimate of drug-likeness (QED) is 0.353. The molecule has 6 nitrogen and oxygen atoms in total. The molecule has 0 aromatic heterocycles. The zero-order chi connectivity index (χ0) is 17.4. The van der Waals surface area contributed by atoms with Crippen LogP contribution in [0.2, 0.25) is 0 Å². The highest BCUT2D eigenvalue weighted by Gasteiger charge is 2.27. The van der Waals surface area contributed by atoms with Gasteiger partial charge in [-0.3, -0.25) is 4.99 Å². The second-order valence-corrected chi connectivity index (χ2v) is 8.24. The van der Waals surface area contributed by atoms with Gasteiger partial charge in [-0.2, -0.15) is 0 Å². The lowest BCUT2D eigenvalue weighted by Gasteiger charge is -2.12. The Labute approximate surface area is 167 Å². The van der Waals surface area contributed by atoms with Gasteiger partial charge in [0.1, 0.15) is 5.75 Å². The van der Waals surface area contributed by atoms with E-state index in [1.54, 1.807) is 7.11 Å². The van der Waals surface area contributed by atoms with Crippen LogP contribution in [0.25, 0.3) is 0 Å². The van der Waals surface area contributed by atoms with Gasteiger partial charge in [0, 0.05) is 19.6 Å². The van der Waals surface area contributed by atoms with E-state index in [-0.39, 0.29) is 35.6 Å². The number of nitrogens with zero attached hydrogens (tertiary/aromatic N) is 1. The van der Waals surface area contributed by atoms with Crippen LogP contribution >= 0.6 is 24.0 Å². The van der Waals surface area contributed by atoms with Crippen LogP contribution in [0.3, 0.4) is 0 Å². The molecular formula is C17H28IN3O3S. The van der Waals surface area contributed by atoms with E-state index in [0.717, 1.165) is 37.6 Å². The van der Waals surface area contributed by atoms with E-state index in [2.05, 4.69) is 15.6 Å². The molecule has 0 radical (unpaired) electrons. The molecule has 1 atom stereocenters. The van der Waals surface area contributed by atoms with E-state index in [9.17, 15) is 8.42 Å². The lowest BCUT2D eigenvalue weighted by Crippen LogP contribution is -2.38. The molecule has 0 saturated carbocycles. The highest BCUT2D eigenvalue weighted by atomic mass is 127. The summed E-state index contributed by atoms with van der Waals surface area (Å²) in [6.45, 7) is 4.11. The number of methoxy groups -OCH3 is 1. The highest BCUT2D eigenvalue weighted by molar-refractivity contribution is 14.0. The molecule has 0 aliphatic carbocycles. The van der Waals surface area contributed by atoms with Crippen molar-refractivity contribution in [3.8, 4) is 5.75 Å². The molecule has 1 aliphatic rings. The highest BCUT2D eigenvalue weighted by Crippen LogP contribution is 2.18. The maximum absolute atomic E-state index is 11.5. The third kappa shape index (κ3) is 7.81. The molecule has 0 amide bonds. The number of benzene rings is 1. The van der Waals surface area contributed by atoms with Gasteiger partial charge >= 0.3 is 0 Å². The van der Waals surface area contributed by atoms with Crippen molar-refractivity contribution < 1.29 is 13.2 Å². The monoisotopic (exact) mass is 481 g/mol. The fourth-order valence-corrected chi connectivity index (χ4v) is 4.55. The van der Waals surface area contributed by atoms with Gasteiger partial charge in [-0.1, -0.05) is 12.1 Å². The largest absolute Gasteiger partial charge is 0.497 e. The minimum Gasteiger partial charge on any atom is -0.497 e. The van der Waals surface area contributed by atoms with Crippen molar-refractivity contribution in [3.63, 3.8) is 0 Å². The lowest BCUT2D eigenvalue weighted by atomic mass is 10.1. The molecule has 2 N–H and O–H groups in total. The van der Waals surface area contributed by atoms with Crippen LogP contribution in [0, 0.1) is 5.92 Å². The zero-order valence-electron chi connectivity index (χ0n) is 14.8. The van der Waals surface area contributed by atoms with Crippen molar-refractivity contribution in [2.45, 2.75) is 19.8 Å². The molecular weight excluding hydrogens is 453 g/mol. The van der Waals surface area contributed by atoms with E-state index in [1.165, 1.54) is 5.56 Å². The third-order valence-corrected chi connectivity index (χ3v) is 5.88. The maximum Gasteiger partial charge on any atom is 0.191 e. The summed E-state index contributed by atoms with van der Waals surface area (Å²) in [5.74, 6) is 2.31. The van der Waals surface area contributed by atoms with Crippen LogP contribution in [0.1, 0.15) is 18.9 Å². The van der Waals surface area contributed by atoms with Crippen molar-refractivity contribution in [2.24, 2.45) is 10.9 Å². The summed E-state index contributed by atoms with van der Waals surface area (Å²) >= 11 is 0. The molecule has 1 saturated heterocycles. The Balaban J connectivity index is 0.00000312. The van der Waals surface area contributed by atoms with Gasteiger partial charge in [0.2, 0.25) is 0 Å². The van der Waals surface area contributed by atoms with E-state index in [4.69, 9.17) is 4.74 Å². The Morgan fingerprint density at radius 3 is 2.56 bits per heavy atom. The molecule has 142 valence electrons. The van der Waals surface area contributed by atoms with Gasteiger partial charge < -0.3 is 15.4 Å². The first-order valence-corrected chi connectivity index (χ1v) is 10.2. The second kappa shape index (κ2) is 10.8. The second-order valence-electron chi connectivity index (χ2n) is 6.01. The van der Waals surface area contributed by atoms with E-state index in [1.807, 2.05) is 31.2 Å². The van der Waals surface area contributed by atoms with Gasteiger partial charge in [-0.15, -0.1) is 24.0 Å². The first-order valence-electron chi connectivity index (χ1n) is 8.38. The lowest BCUT2D eigenvalue weighted by molar-refractivity contribution is 0.414. The number of ether oxygens (including phenoxy) is 1. The average Bonchev–Trinajstić information content (AvgIpc) is 2.92. The number of halogens is 1.